The van der Waals surface area contributed by atoms with E-state index in [1.54, 1.807) is 19.1 Å². The van der Waals surface area contributed by atoms with E-state index in [2.05, 4.69) is 10.6 Å². The monoisotopic (exact) mass is 346 g/mol. The number of rotatable bonds is 8. The standard InChI is InChI=1S/C19H23FN2O3/c1-14(25-18-4-2-3-17(20)11-18)12-22-19(24)21-10-9-15-5-7-16(13-23)8-6-15/h2-8,11,14,23H,9-10,12-13H2,1H3,(H2,21,22,24). The molecule has 1 unspecified atom stereocenters. The van der Waals surface area contributed by atoms with E-state index < -0.39 is 0 Å². The highest BCUT2D eigenvalue weighted by molar-refractivity contribution is 5.73. The molecule has 1 atom stereocenters. The second-order valence-corrected chi connectivity index (χ2v) is 5.75. The van der Waals surface area contributed by atoms with E-state index in [1.165, 1.54) is 12.1 Å². The summed E-state index contributed by atoms with van der Waals surface area (Å²) in [5.41, 5.74) is 1.95. The van der Waals surface area contributed by atoms with Gasteiger partial charge in [0.15, 0.2) is 0 Å². The van der Waals surface area contributed by atoms with Crippen molar-refractivity contribution in [3.05, 3.63) is 65.5 Å². The van der Waals surface area contributed by atoms with Gasteiger partial charge in [-0.1, -0.05) is 30.3 Å². The smallest absolute Gasteiger partial charge is 0.314 e. The van der Waals surface area contributed by atoms with Gasteiger partial charge in [-0.25, -0.2) is 9.18 Å². The maximum absolute atomic E-state index is 13.1. The molecule has 3 N–H and O–H groups in total. The Hall–Kier alpha value is -2.60. The fraction of sp³-hybridized carbons (Fsp3) is 0.316. The van der Waals surface area contributed by atoms with Crippen molar-refractivity contribution in [3.8, 4) is 5.75 Å². The van der Waals surface area contributed by atoms with Crippen molar-refractivity contribution in [2.45, 2.75) is 26.1 Å². The fourth-order valence-corrected chi connectivity index (χ4v) is 2.24. The van der Waals surface area contributed by atoms with E-state index >= 15 is 0 Å². The molecule has 0 fully saturated rings. The summed E-state index contributed by atoms with van der Waals surface area (Å²) < 4.78 is 18.6. The van der Waals surface area contributed by atoms with Crippen LogP contribution in [-0.2, 0) is 13.0 Å². The summed E-state index contributed by atoms with van der Waals surface area (Å²) in [6.07, 6.45) is 0.424. The van der Waals surface area contributed by atoms with Gasteiger partial charge in [0.25, 0.3) is 0 Å². The third-order valence-electron chi connectivity index (χ3n) is 3.59. The summed E-state index contributed by atoms with van der Waals surface area (Å²) in [7, 11) is 0. The molecule has 0 aliphatic carbocycles. The van der Waals surface area contributed by atoms with E-state index in [1.807, 2.05) is 24.3 Å². The van der Waals surface area contributed by atoms with E-state index in [0.717, 1.165) is 11.1 Å². The third kappa shape index (κ3) is 6.81. The van der Waals surface area contributed by atoms with E-state index in [4.69, 9.17) is 9.84 Å². The fourth-order valence-electron chi connectivity index (χ4n) is 2.24. The van der Waals surface area contributed by atoms with Crippen LogP contribution in [-0.4, -0.2) is 30.3 Å². The number of halogens is 1. The predicted molar refractivity (Wildman–Crippen MR) is 94.0 cm³/mol. The normalized spacial score (nSPS) is 11.6. The molecule has 0 radical (unpaired) electrons. The summed E-state index contributed by atoms with van der Waals surface area (Å²) in [6.45, 7) is 2.64. The molecule has 5 nitrogen and oxygen atoms in total. The molecule has 0 saturated heterocycles. The highest BCUT2D eigenvalue weighted by Crippen LogP contribution is 2.13. The summed E-state index contributed by atoms with van der Waals surface area (Å²) >= 11 is 0. The number of ether oxygens (including phenoxy) is 1. The minimum Gasteiger partial charge on any atom is -0.489 e. The van der Waals surface area contributed by atoms with Gasteiger partial charge < -0.3 is 20.5 Å². The second kappa shape index (κ2) is 9.64. The lowest BCUT2D eigenvalue weighted by atomic mass is 10.1. The zero-order chi connectivity index (χ0) is 18.1. The van der Waals surface area contributed by atoms with Gasteiger partial charge in [0.1, 0.15) is 17.7 Å². The number of carbonyl (C=O) groups is 1. The van der Waals surface area contributed by atoms with Gasteiger partial charge in [-0.05, 0) is 36.6 Å². The summed E-state index contributed by atoms with van der Waals surface area (Å²) in [6, 6.07) is 13.2. The first-order valence-corrected chi connectivity index (χ1v) is 8.19. The molecule has 0 saturated carbocycles. The van der Waals surface area contributed by atoms with Crippen LogP contribution in [0.3, 0.4) is 0 Å². The van der Waals surface area contributed by atoms with E-state index in [9.17, 15) is 9.18 Å². The van der Waals surface area contributed by atoms with Crippen LogP contribution in [0.15, 0.2) is 48.5 Å². The lowest BCUT2D eigenvalue weighted by molar-refractivity contribution is 0.207. The SMILES string of the molecule is CC(CNC(=O)NCCc1ccc(CO)cc1)Oc1cccc(F)c1. The number of hydrogen-bond acceptors (Lipinski definition) is 3. The molecule has 0 aromatic heterocycles. The molecular formula is C19H23FN2O3. The number of amides is 2. The average molecular weight is 346 g/mol. The topological polar surface area (TPSA) is 70.6 Å². The van der Waals surface area contributed by atoms with Crippen molar-refractivity contribution < 1.29 is 19.0 Å². The Kier molecular flexibility index (Phi) is 7.22. The first kappa shape index (κ1) is 18.7. The van der Waals surface area contributed by atoms with Gasteiger partial charge in [0.2, 0.25) is 0 Å². The van der Waals surface area contributed by atoms with E-state index in [0.29, 0.717) is 25.3 Å². The van der Waals surface area contributed by atoms with Crippen molar-refractivity contribution in [3.63, 3.8) is 0 Å². The van der Waals surface area contributed by atoms with Crippen molar-refractivity contribution in [1.29, 1.82) is 0 Å². The highest BCUT2D eigenvalue weighted by atomic mass is 19.1. The Labute approximate surface area is 146 Å². The third-order valence-corrected chi connectivity index (χ3v) is 3.59. The van der Waals surface area contributed by atoms with Gasteiger partial charge in [0.05, 0.1) is 13.2 Å². The number of aliphatic hydroxyl groups is 1. The zero-order valence-corrected chi connectivity index (χ0v) is 14.2. The Morgan fingerprint density at radius 2 is 1.88 bits per heavy atom. The summed E-state index contributed by atoms with van der Waals surface area (Å²) in [5.74, 6) is 0.0726. The molecular weight excluding hydrogens is 323 g/mol. The second-order valence-electron chi connectivity index (χ2n) is 5.75. The Morgan fingerprint density at radius 1 is 1.16 bits per heavy atom. The molecule has 134 valence electrons. The summed E-state index contributed by atoms with van der Waals surface area (Å²) in [4.78, 5) is 11.8. The largest absolute Gasteiger partial charge is 0.489 e. The van der Waals surface area contributed by atoms with Crippen LogP contribution >= 0.6 is 0 Å². The molecule has 6 heteroatoms. The van der Waals surface area contributed by atoms with Crippen LogP contribution in [0, 0.1) is 5.82 Å². The average Bonchev–Trinajstić information content (AvgIpc) is 2.60. The molecule has 2 amide bonds. The van der Waals surface area contributed by atoms with Gasteiger partial charge in [-0.15, -0.1) is 0 Å². The lowest BCUT2D eigenvalue weighted by Gasteiger charge is -2.16. The van der Waals surface area contributed by atoms with Crippen LogP contribution in [0.4, 0.5) is 9.18 Å². The Morgan fingerprint density at radius 3 is 2.56 bits per heavy atom. The molecule has 25 heavy (non-hydrogen) atoms. The minimum absolute atomic E-state index is 0.0246. The van der Waals surface area contributed by atoms with E-state index in [-0.39, 0.29) is 24.6 Å². The van der Waals surface area contributed by atoms with Crippen LogP contribution in [0.1, 0.15) is 18.1 Å². The van der Waals surface area contributed by atoms with Crippen LogP contribution < -0.4 is 15.4 Å². The molecule has 0 aliphatic rings. The lowest BCUT2D eigenvalue weighted by Crippen LogP contribution is -2.41. The van der Waals surface area contributed by atoms with Crippen molar-refractivity contribution >= 4 is 6.03 Å². The van der Waals surface area contributed by atoms with Crippen LogP contribution in [0.25, 0.3) is 0 Å². The van der Waals surface area contributed by atoms with Crippen LogP contribution in [0.2, 0.25) is 0 Å². The van der Waals surface area contributed by atoms with Crippen LogP contribution in [0.5, 0.6) is 5.75 Å². The molecule has 2 aromatic rings. The zero-order valence-electron chi connectivity index (χ0n) is 14.2. The molecule has 0 spiro atoms. The summed E-state index contributed by atoms with van der Waals surface area (Å²) in [5, 5.41) is 14.5. The minimum atomic E-state index is -0.359. The maximum atomic E-state index is 13.1. The van der Waals surface area contributed by atoms with Gasteiger partial charge in [0, 0.05) is 12.6 Å². The number of urea groups is 1. The van der Waals surface area contributed by atoms with Gasteiger partial charge >= 0.3 is 6.03 Å². The Bertz CT molecular complexity index is 677. The number of benzene rings is 2. The van der Waals surface area contributed by atoms with Gasteiger partial charge in [-0.3, -0.25) is 0 Å². The van der Waals surface area contributed by atoms with Crippen molar-refractivity contribution in [1.82, 2.24) is 10.6 Å². The Balaban J connectivity index is 1.64. The molecule has 0 heterocycles. The molecule has 0 aliphatic heterocycles. The number of nitrogens with one attached hydrogen (secondary N) is 2. The number of carbonyl (C=O) groups excluding carboxylic acids is 1. The first-order valence-electron chi connectivity index (χ1n) is 8.19. The van der Waals surface area contributed by atoms with Crippen molar-refractivity contribution in [2.24, 2.45) is 0 Å². The first-order chi connectivity index (χ1) is 12.1. The molecule has 2 rings (SSSR count). The van der Waals surface area contributed by atoms with Crippen molar-refractivity contribution in [2.75, 3.05) is 13.1 Å². The molecule has 0 bridgehead atoms. The quantitative estimate of drug-likeness (QED) is 0.688. The van der Waals surface area contributed by atoms with Gasteiger partial charge in [-0.2, -0.15) is 0 Å². The maximum Gasteiger partial charge on any atom is 0.314 e. The highest BCUT2D eigenvalue weighted by Gasteiger charge is 2.07. The predicted octanol–water partition coefficient (Wildman–Crippen LogP) is 2.63. The number of aliphatic hydroxyl groups excluding tert-OH is 1. The molecule has 2 aromatic carbocycles. The number of hydrogen-bond donors (Lipinski definition) is 3.